The lowest BCUT2D eigenvalue weighted by molar-refractivity contribution is 0.0931. The first-order chi connectivity index (χ1) is 9.53. The Hall–Kier alpha value is -2.37. The predicted molar refractivity (Wildman–Crippen MR) is 72.4 cm³/mol. The molecule has 0 aliphatic heterocycles. The topological polar surface area (TPSA) is 72.9 Å². The molecule has 6 heteroatoms. The van der Waals surface area contributed by atoms with E-state index in [1.807, 2.05) is 0 Å². The van der Waals surface area contributed by atoms with E-state index in [9.17, 15) is 9.18 Å². The largest absolute Gasteiger partial charge is 0.383 e. The van der Waals surface area contributed by atoms with Crippen molar-refractivity contribution in [1.29, 1.82) is 0 Å². The summed E-state index contributed by atoms with van der Waals surface area (Å²) in [5.74, 6) is -0.326. The molecule has 0 spiro atoms. The summed E-state index contributed by atoms with van der Waals surface area (Å²) in [5, 5.41) is 6.82. The summed E-state index contributed by atoms with van der Waals surface area (Å²) in [6.07, 6.45) is 2.86. The van der Waals surface area contributed by atoms with E-state index in [-0.39, 0.29) is 11.7 Å². The van der Waals surface area contributed by atoms with E-state index >= 15 is 0 Å². The normalized spacial score (nSPS) is 15.9. The van der Waals surface area contributed by atoms with Crippen molar-refractivity contribution in [1.82, 2.24) is 15.1 Å². The maximum atomic E-state index is 13.9. The third kappa shape index (κ3) is 1.93. The fourth-order valence-electron chi connectivity index (χ4n) is 2.34. The van der Waals surface area contributed by atoms with Crippen molar-refractivity contribution in [3.8, 4) is 0 Å². The quantitative estimate of drug-likeness (QED) is 0.892. The van der Waals surface area contributed by atoms with Crippen LogP contribution in [0.1, 0.15) is 28.8 Å². The Bertz CT molecular complexity index is 676. The molecule has 104 valence electrons. The highest BCUT2D eigenvalue weighted by atomic mass is 19.1. The molecule has 0 atom stereocenters. The van der Waals surface area contributed by atoms with Gasteiger partial charge in [0.25, 0.3) is 5.91 Å². The predicted octanol–water partition coefficient (Wildman–Crippen LogP) is 1.56. The number of aromatic nitrogens is 2. The fraction of sp³-hybridized carbons (Fsp3) is 0.286. The molecule has 1 heterocycles. The number of rotatable bonds is 3. The minimum Gasteiger partial charge on any atom is -0.383 e. The molecule has 5 nitrogen and oxygen atoms in total. The molecule has 0 bridgehead atoms. The molecule has 3 N–H and O–H groups in total. The molecule has 1 aromatic carbocycles. The number of amides is 1. The van der Waals surface area contributed by atoms with Gasteiger partial charge in [0, 0.05) is 12.6 Å². The van der Waals surface area contributed by atoms with Crippen LogP contribution in [0, 0.1) is 5.82 Å². The highest BCUT2D eigenvalue weighted by molar-refractivity contribution is 5.98. The molecule has 0 saturated heterocycles. The smallest absolute Gasteiger partial charge is 0.257 e. The van der Waals surface area contributed by atoms with Gasteiger partial charge in [0.2, 0.25) is 0 Å². The average Bonchev–Trinajstić information content (AvgIpc) is 3.11. The molecule has 0 unspecified atom stereocenters. The second kappa shape index (κ2) is 4.33. The number of aryl methyl sites for hydroxylation is 1. The van der Waals surface area contributed by atoms with Gasteiger partial charge in [-0.15, -0.1) is 0 Å². The standard InChI is InChI=1S/C14H15FN4O/c1-19-12(16)9(8-17-19)13(20)18-14(6-7-14)10-4-2-3-5-11(10)15/h2-5,8H,6-7,16H2,1H3,(H,18,20). The van der Waals surface area contributed by atoms with Crippen LogP contribution in [-0.2, 0) is 12.6 Å². The number of carbonyl (C=O) groups is 1. The van der Waals surface area contributed by atoms with Gasteiger partial charge in [0.1, 0.15) is 17.2 Å². The summed E-state index contributed by atoms with van der Waals surface area (Å²) in [5.41, 5.74) is 6.01. The number of hydrogen-bond donors (Lipinski definition) is 2. The SMILES string of the molecule is Cn1ncc(C(=O)NC2(c3ccccc3F)CC2)c1N. The second-order valence-corrected chi connectivity index (χ2v) is 5.08. The van der Waals surface area contributed by atoms with Gasteiger partial charge in [0.05, 0.1) is 11.7 Å². The van der Waals surface area contributed by atoms with Crippen LogP contribution in [0.5, 0.6) is 0 Å². The van der Waals surface area contributed by atoms with Crippen molar-refractivity contribution >= 4 is 11.7 Å². The molecule has 20 heavy (non-hydrogen) atoms. The van der Waals surface area contributed by atoms with Crippen LogP contribution < -0.4 is 11.1 Å². The Labute approximate surface area is 115 Å². The van der Waals surface area contributed by atoms with Crippen LogP contribution in [0.15, 0.2) is 30.5 Å². The van der Waals surface area contributed by atoms with E-state index in [1.165, 1.54) is 16.9 Å². The summed E-state index contributed by atoms with van der Waals surface area (Å²) in [6, 6.07) is 6.51. The highest BCUT2D eigenvalue weighted by Gasteiger charge is 2.47. The van der Waals surface area contributed by atoms with Crippen LogP contribution >= 0.6 is 0 Å². The summed E-state index contributed by atoms with van der Waals surface area (Å²) < 4.78 is 15.3. The number of nitrogen functional groups attached to an aromatic ring is 1. The summed E-state index contributed by atoms with van der Waals surface area (Å²) in [4.78, 5) is 12.3. The number of nitrogens with zero attached hydrogens (tertiary/aromatic N) is 2. The Morgan fingerprint density at radius 2 is 2.15 bits per heavy atom. The van der Waals surface area contributed by atoms with Crippen molar-refractivity contribution in [2.24, 2.45) is 7.05 Å². The van der Waals surface area contributed by atoms with Gasteiger partial charge in [-0.2, -0.15) is 5.10 Å². The molecule has 1 aliphatic carbocycles. The van der Waals surface area contributed by atoms with Gasteiger partial charge in [-0.25, -0.2) is 4.39 Å². The molecule has 1 saturated carbocycles. The maximum Gasteiger partial charge on any atom is 0.257 e. The lowest BCUT2D eigenvalue weighted by atomic mass is 10.0. The number of carbonyl (C=O) groups excluding carboxylic acids is 1. The number of hydrogen-bond acceptors (Lipinski definition) is 3. The lowest BCUT2D eigenvalue weighted by Crippen LogP contribution is -2.35. The number of nitrogens with two attached hydrogens (primary N) is 1. The molecule has 0 radical (unpaired) electrons. The number of nitrogens with one attached hydrogen (secondary N) is 1. The Kier molecular flexibility index (Phi) is 2.74. The van der Waals surface area contributed by atoms with E-state index in [1.54, 1.807) is 25.2 Å². The first kappa shape index (κ1) is 12.7. The van der Waals surface area contributed by atoms with Gasteiger partial charge < -0.3 is 11.1 Å². The first-order valence-electron chi connectivity index (χ1n) is 6.38. The van der Waals surface area contributed by atoms with E-state index in [0.717, 1.165) is 12.8 Å². The molecule has 2 aromatic rings. The van der Waals surface area contributed by atoms with E-state index in [0.29, 0.717) is 16.9 Å². The monoisotopic (exact) mass is 274 g/mol. The van der Waals surface area contributed by atoms with E-state index in [2.05, 4.69) is 10.4 Å². The summed E-state index contributed by atoms with van der Waals surface area (Å²) >= 11 is 0. The molecule has 3 rings (SSSR count). The molecule has 1 aromatic heterocycles. The van der Waals surface area contributed by atoms with E-state index < -0.39 is 5.54 Å². The maximum absolute atomic E-state index is 13.9. The van der Waals surface area contributed by atoms with E-state index in [4.69, 9.17) is 5.73 Å². The van der Waals surface area contributed by atoms with Gasteiger partial charge in [0.15, 0.2) is 0 Å². The summed E-state index contributed by atoms with van der Waals surface area (Å²) in [7, 11) is 1.66. The highest BCUT2D eigenvalue weighted by Crippen LogP contribution is 2.46. The van der Waals surface area contributed by atoms with Crippen molar-refractivity contribution in [3.05, 3.63) is 47.4 Å². The van der Waals surface area contributed by atoms with Gasteiger partial charge in [-0.05, 0) is 18.9 Å². The molecule has 1 amide bonds. The minimum absolute atomic E-state index is 0.298. The Morgan fingerprint density at radius 1 is 1.45 bits per heavy atom. The van der Waals surface area contributed by atoms with Gasteiger partial charge >= 0.3 is 0 Å². The third-order valence-corrected chi connectivity index (χ3v) is 3.72. The fourth-order valence-corrected chi connectivity index (χ4v) is 2.34. The molecular weight excluding hydrogens is 259 g/mol. The molecule has 1 fully saturated rings. The van der Waals surface area contributed by atoms with Crippen LogP contribution in [-0.4, -0.2) is 15.7 Å². The molecular formula is C14H15FN4O. The average molecular weight is 274 g/mol. The van der Waals surface area contributed by atoms with Crippen LogP contribution in [0.3, 0.4) is 0 Å². The van der Waals surface area contributed by atoms with Crippen molar-refractivity contribution in [3.63, 3.8) is 0 Å². The second-order valence-electron chi connectivity index (χ2n) is 5.08. The zero-order valence-electron chi connectivity index (χ0n) is 11.1. The Balaban J connectivity index is 1.86. The third-order valence-electron chi connectivity index (χ3n) is 3.72. The lowest BCUT2D eigenvalue weighted by Gasteiger charge is -2.18. The van der Waals surface area contributed by atoms with Crippen LogP contribution in [0.2, 0.25) is 0 Å². The Morgan fingerprint density at radius 3 is 2.70 bits per heavy atom. The zero-order valence-corrected chi connectivity index (χ0v) is 11.1. The minimum atomic E-state index is -0.606. The zero-order chi connectivity index (χ0) is 14.3. The first-order valence-corrected chi connectivity index (χ1v) is 6.38. The van der Waals surface area contributed by atoms with Crippen molar-refractivity contribution < 1.29 is 9.18 Å². The van der Waals surface area contributed by atoms with Crippen LogP contribution in [0.25, 0.3) is 0 Å². The number of anilines is 1. The number of halogens is 1. The summed E-state index contributed by atoms with van der Waals surface area (Å²) in [6.45, 7) is 0. The van der Waals surface area contributed by atoms with Crippen molar-refractivity contribution in [2.75, 3.05) is 5.73 Å². The number of benzene rings is 1. The van der Waals surface area contributed by atoms with Crippen LogP contribution in [0.4, 0.5) is 10.2 Å². The molecule has 1 aliphatic rings. The van der Waals surface area contributed by atoms with Crippen molar-refractivity contribution in [2.45, 2.75) is 18.4 Å². The van der Waals surface area contributed by atoms with Gasteiger partial charge in [-0.1, -0.05) is 18.2 Å². The van der Waals surface area contributed by atoms with Gasteiger partial charge in [-0.3, -0.25) is 9.48 Å².